The number of rotatable bonds is 0. The SMILES string of the molecule is C/C=C1/NSC(C)=C/C1=C/N. The summed E-state index contributed by atoms with van der Waals surface area (Å²) in [5.74, 6) is 0. The first-order valence-corrected chi connectivity index (χ1v) is 4.29. The average Bonchev–Trinajstić information content (AvgIpc) is 2.04. The van der Waals surface area contributed by atoms with Crippen molar-refractivity contribution in [3.63, 3.8) is 0 Å². The molecule has 0 atom stereocenters. The van der Waals surface area contributed by atoms with Crippen LogP contribution in [-0.4, -0.2) is 0 Å². The largest absolute Gasteiger partial charge is 0.404 e. The number of hydrogen-bond acceptors (Lipinski definition) is 3. The van der Waals surface area contributed by atoms with Gasteiger partial charge in [-0.15, -0.1) is 0 Å². The predicted octanol–water partition coefficient (Wildman–Crippen LogP) is 1.89. The molecule has 3 N–H and O–H groups in total. The molecule has 11 heavy (non-hydrogen) atoms. The maximum atomic E-state index is 5.43. The Hall–Kier alpha value is -0.830. The molecule has 0 saturated heterocycles. The second-order valence-electron chi connectivity index (χ2n) is 2.28. The highest BCUT2D eigenvalue weighted by molar-refractivity contribution is 8.01. The van der Waals surface area contributed by atoms with Gasteiger partial charge in [0, 0.05) is 22.4 Å². The minimum Gasteiger partial charge on any atom is -0.404 e. The molecule has 0 amide bonds. The molecule has 0 aromatic carbocycles. The van der Waals surface area contributed by atoms with Crippen LogP contribution in [0.5, 0.6) is 0 Å². The van der Waals surface area contributed by atoms with Crippen LogP contribution >= 0.6 is 11.9 Å². The summed E-state index contributed by atoms with van der Waals surface area (Å²) in [4.78, 5) is 1.23. The normalized spacial score (nSPS) is 25.1. The molecule has 0 radical (unpaired) electrons. The zero-order chi connectivity index (χ0) is 8.27. The molecule has 3 heteroatoms. The highest BCUT2D eigenvalue weighted by Gasteiger charge is 2.07. The van der Waals surface area contributed by atoms with E-state index in [2.05, 4.69) is 10.8 Å². The van der Waals surface area contributed by atoms with Crippen LogP contribution < -0.4 is 10.5 Å². The van der Waals surface area contributed by atoms with Crippen molar-refractivity contribution in [1.29, 1.82) is 0 Å². The molecule has 2 nitrogen and oxygen atoms in total. The number of hydrogen-bond donors (Lipinski definition) is 2. The third-order valence-electron chi connectivity index (χ3n) is 1.46. The Morgan fingerprint density at radius 1 is 1.64 bits per heavy atom. The summed E-state index contributed by atoms with van der Waals surface area (Å²) in [6.45, 7) is 4.04. The lowest BCUT2D eigenvalue weighted by Gasteiger charge is -2.16. The molecule has 0 aliphatic carbocycles. The van der Waals surface area contributed by atoms with Crippen LogP contribution in [0, 0.1) is 0 Å². The summed E-state index contributed by atoms with van der Waals surface area (Å²) < 4.78 is 3.18. The van der Waals surface area contributed by atoms with Gasteiger partial charge in [0.05, 0.1) is 0 Å². The molecular weight excluding hydrogens is 156 g/mol. The molecule has 0 unspecified atom stereocenters. The highest BCUT2D eigenvalue weighted by Crippen LogP contribution is 2.24. The molecule has 1 aliphatic heterocycles. The van der Waals surface area contributed by atoms with Gasteiger partial charge in [-0.1, -0.05) is 6.08 Å². The third-order valence-corrected chi connectivity index (χ3v) is 2.22. The van der Waals surface area contributed by atoms with Crippen LogP contribution in [0.25, 0.3) is 0 Å². The van der Waals surface area contributed by atoms with E-state index in [9.17, 15) is 0 Å². The van der Waals surface area contributed by atoms with Crippen LogP contribution in [0.1, 0.15) is 13.8 Å². The molecular formula is C8H12N2S. The van der Waals surface area contributed by atoms with E-state index in [4.69, 9.17) is 5.73 Å². The Labute approximate surface area is 71.4 Å². The minimum absolute atomic E-state index is 1.06. The lowest BCUT2D eigenvalue weighted by atomic mass is 10.2. The Bertz CT molecular complexity index is 238. The Morgan fingerprint density at radius 2 is 2.36 bits per heavy atom. The summed E-state index contributed by atoms with van der Waals surface area (Å²) in [5.41, 5.74) is 7.58. The van der Waals surface area contributed by atoms with Gasteiger partial charge in [-0.05, 0) is 31.9 Å². The first kappa shape index (κ1) is 8.27. The predicted molar refractivity (Wildman–Crippen MR) is 50.5 cm³/mol. The fourth-order valence-electron chi connectivity index (χ4n) is 0.884. The summed E-state index contributed by atoms with van der Waals surface area (Å²) in [7, 11) is 0. The summed E-state index contributed by atoms with van der Waals surface area (Å²) in [5, 5.41) is 0. The van der Waals surface area contributed by atoms with Crippen LogP contribution in [0.4, 0.5) is 0 Å². The molecule has 60 valence electrons. The average molecular weight is 168 g/mol. The van der Waals surface area contributed by atoms with E-state index in [0.29, 0.717) is 0 Å². The number of allylic oxidation sites excluding steroid dienone is 3. The Balaban J connectivity index is 2.94. The third kappa shape index (κ3) is 1.80. The first-order valence-electron chi connectivity index (χ1n) is 3.47. The van der Waals surface area contributed by atoms with Crippen molar-refractivity contribution < 1.29 is 0 Å². The summed E-state index contributed by atoms with van der Waals surface area (Å²) in [6, 6.07) is 0. The van der Waals surface area contributed by atoms with Gasteiger partial charge < -0.3 is 10.5 Å². The second kappa shape index (κ2) is 3.53. The maximum absolute atomic E-state index is 5.43. The van der Waals surface area contributed by atoms with E-state index in [-0.39, 0.29) is 0 Å². The van der Waals surface area contributed by atoms with Crippen LogP contribution in [0.2, 0.25) is 0 Å². The van der Waals surface area contributed by atoms with Crippen LogP contribution in [-0.2, 0) is 0 Å². The Kier molecular flexibility index (Phi) is 2.65. The second-order valence-corrected chi connectivity index (χ2v) is 3.34. The fraction of sp³-hybridized carbons (Fsp3) is 0.250. The smallest absolute Gasteiger partial charge is 0.0487 e. The minimum atomic E-state index is 1.06. The van der Waals surface area contributed by atoms with Crippen LogP contribution in [0.3, 0.4) is 0 Å². The van der Waals surface area contributed by atoms with Gasteiger partial charge in [0.25, 0.3) is 0 Å². The van der Waals surface area contributed by atoms with Gasteiger partial charge in [-0.25, -0.2) is 0 Å². The van der Waals surface area contributed by atoms with Gasteiger partial charge in [-0.3, -0.25) is 0 Å². The topological polar surface area (TPSA) is 38.0 Å². The van der Waals surface area contributed by atoms with Gasteiger partial charge in [0.2, 0.25) is 0 Å². The molecule has 0 saturated carbocycles. The molecule has 0 aromatic heterocycles. The monoisotopic (exact) mass is 168 g/mol. The molecule has 0 fully saturated rings. The van der Waals surface area contributed by atoms with E-state index < -0.39 is 0 Å². The van der Waals surface area contributed by atoms with E-state index in [1.54, 1.807) is 18.1 Å². The fourth-order valence-corrected chi connectivity index (χ4v) is 1.58. The van der Waals surface area contributed by atoms with Crippen molar-refractivity contribution in [2.75, 3.05) is 0 Å². The molecule has 1 aliphatic rings. The quantitative estimate of drug-likeness (QED) is 0.542. The van der Waals surface area contributed by atoms with Crippen molar-refractivity contribution in [3.05, 3.63) is 34.5 Å². The molecule has 0 aromatic rings. The van der Waals surface area contributed by atoms with Crippen molar-refractivity contribution in [1.82, 2.24) is 4.72 Å². The maximum Gasteiger partial charge on any atom is 0.0487 e. The zero-order valence-electron chi connectivity index (χ0n) is 6.72. The Morgan fingerprint density at radius 3 is 2.91 bits per heavy atom. The van der Waals surface area contributed by atoms with E-state index >= 15 is 0 Å². The molecule has 1 rings (SSSR count). The molecule has 0 spiro atoms. The van der Waals surface area contributed by atoms with Crippen molar-refractivity contribution >= 4 is 11.9 Å². The number of nitrogens with one attached hydrogen (secondary N) is 1. The lowest BCUT2D eigenvalue weighted by molar-refractivity contribution is 1.19. The summed E-state index contributed by atoms with van der Waals surface area (Å²) >= 11 is 1.62. The van der Waals surface area contributed by atoms with E-state index in [1.165, 1.54) is 4.91 Å². The van der Waals surface area contributed by atoms with E-state index in [1.807, 2.05) is 19.9 Å². The van der Waals surface area contributed by atoms with E-state index in [0.717, 1.165) is 11.3 Å². The highest BCUT2D eigenvalue weighted by atomic mass is 32.2. The molecule has 0 bridgehead atoms. The lowest BCUT2D eigenvalue weighted by Crippen LogP contribution is -2.10. The molecule has 1 heterocycles. The number of nitrogens with two attached hydrogens (primary N) is 1. The van der Waals surface area contributed by atoms with Gasteiger partial charge in [0.15, 0.2) is 0 Å². The summed E-state index contributed by atoms with van der Waals surface area (Å²) in [6.07, 6.45) is 5.69. The van der Waals surface area contributed by atoms with Gasteiger partial charge in [-0.2, -0.15) is 0 Å². The van der Waals surface area contributed by atoms with Gasteiger partial charge in [0.1, 0.15) is 0 Å². The standard InChI is InChI=1S/C8H12N2S/c1-3-8-7(5-9)4-6(2)11-10-8/h3-5,10H,9H2,1-2H3/b7-5-,8-3+. The first-order chi connectivity index (χ1) is 5.27. The van der Waals surface area contributed by atoms with Gasteiger partial charge >= 0.3 is 0 Å². The van der Waals surface area contributed by atoms with Crippen LogP contribution in [0.15, 0.2) is 34.5 Å². The van der Waals surface area contributed by atoms with Crippen molar-refractivity contribution in [2.45, 2.75) is 13.8 Å². The zero-order valence-corrected chi connectivity index (χ0v) is 7.53. The van der Waals surface area contributed by atoms with Crippen molar-refractivity contribution in [2.24, 2.45) is 5.73 Å². The van der Waals surface area contributed by atoms with Crippen molar-refractivity contribution in [3.8, 4) is 0 Å².